The van der Waals surface area contributed by atoms with Crippen molar-refractivity contribution in [3.05, 3.63) is 71.3 Å². The first-order chi connectivity index (χ1) is 14.8. The Hall–Kier alpha value is -2.34. The van der Waals surface area contributed by atoms with Crippen LogP contribution in [0.3, 0.4) is 0 Å². The molecule has 166 valence electrons. The van der Waals surface area contributed by atoms with Crippen molar-refractivity contribution in [2.75, 3.05) is 13.1 Å². The van der Waals surface area contributed by atoms with E-state index in [0.717, 1.165) is 38.9 Å². The molecule has 1 aliphatic carbocycles. The third kappa shape index (κ3) is 5.67. The van der Waals surface area contributed by atoms with E-state index >= 15 is 0 Å². The highest BCUT2D eigenvalue weighted by molar-refractivity contribution is 5.95. The van der Waals surface area contributed by atoms with Crippen LogP contribution in [0.5, 0.6) is 0 Å². The molecule has 0 unspecified atom stereocenters. The molecule has 0 bridgehead atoms. The molecule has 2 fully saturated rings. The van der Waals surface area contributed by atoms with Gasteiger partial charge in [0, 0.05) is 37.3 Å². The van der Waals surface area contributed by atoms with E-state index < -0.39 is 12.6 Å². The van der Waals surface area contributed by atoms with Crippen LogP contribution >= 0.6 is 0 Å². The number of alkyl halides is 3. The molecule has 0 radical (unpaired) electrons. The lowest BCUT2D eigenvalue weighted by molar-refractivity contribution is -0.127. The number of benzene rings is 2. The van der Waals surface area contributed by atoms with Crippen molar-refractivity contribution in [2.24, 2.45) is 5.92 Å². The summed E-state index contributed by atoms with van der Waals surface area (Å²) in [6.45, 7) is 4.98. The maximum atomic E-state index is 13.3. The largest absolute Gasteiger partial charge is 0.393 e. The Morgan fingerprint density at radius 2 is 1.68 bits per heavy atom. The molecule has 2 atom stereocenters. The lowest BCUT2D eigenvalue weighted by Crippen LogP contribution is -2.52. The average molecular weight is 431 g/mol. The average Bonchev–Trinajstić information content (AvgIpc) is 3.55. The zero-order valence-corrected chi connectivity index (χ0v) is 17.8. The smallest absolute Gasteiger partial charge is 0.332 e. The number of carbonyl (C=O) groups is 1. The summed E-state index contributed by atoms with van der Waals surface area (Å²) in [5, 5.41) is 0. The van der Waals surface area contributed by atoms with E-state index in [-0.39, 0.29) is 23.6 Å². The summed E-state index contributed by atoms with van der Waals surface area (Å²) >= 11 is 0. The summed E-state index contributed by atoms with van der Waals surface area (Å²) in [5.74, 6) is 0.293. The Morgan fingerprint density at radius 1 is 1.00 bits per heavy atom. The molecule has 2 aromatic rings. The van der Waals surface area contributed by atoms with Crippen molar-refractivity contribution in [1.29, 1.82) is 0 Å². The fraction of sp³-hybridized carbons (Fsp3) is 0.480. The van der Waals surface area contributed by atoms with Gasteiger partial charge in [-0.1, -0.05) is 49.4 Å². The topological polar surface area (TPSA) is 23.6 Å². The molecule has 1 saturated heterocycles. The molecule has 1 heterocycles. The maximum Gasteiger partial charge on any atom is 0.393 e. The Labute approximate surface area is 181 Å². The van der Waals surface area contributed by atoms with Gasteiger partial charge in [-0.3, -0.25) is 9.69 Å². The van der Waals surface area contributed by atoms with Crippen molar-refractivity contribution in [2.45, 2.75) is 57.4 Å². The standard InChI is InChI=1S/C25H29F3N2O/c1-18-16-29(17-20-5-3-2-4-6-20)14-13-23(18)30(22-11-12-22)24(31)21-9-7-19(8-10-21)15-25(26,27)28/h2-10,18,22-23H,11-17H2,1H3/t18-,23+/m1/s1. The Kier molecular flexibility index (Phi) is 6.37. The Morgan fingerprint density at radius 3 is 2.26 bits per heavy atom. The number of hydrogen-bond donors (Lipinski definition) is 0. The van der Waals surface area contributed by atoms with Gasteiger partial charge in [0.25, 0.3) is 5.91 Å². The van der Waals surface area contributed by atoms with Crippen molar-refractivity contribution in [3.8, 4) is 0 Å². The van der Waals surface area contributed by atoms with E-state index in [1.165, 1.54) is 17.7 Å². The van der Waals surface area contributed by atoms with Crippen LogP contribution < -0.4 is 0 Å². The maximum absolute atomic E-state index is 13.3. The quantitative estimate of drug-likeness (QED) is 0.620. The van der Waals surface area contributed by atoms with Crippen LogP contribution in [0.2, 0.25) is 0 Å². The van der Waals surface area contributed by atoms with Crippen molar-refractivity contribution in [1.82, 2.24) is 9.80 Å². The number of rotatable bonds is 6. The van der Waals surface area contributed by atoms with Gasteiger partial charge in [-0.2, -0.15) is 13.2 Å². The molecule has 3 nitrogen and oxygen atoms in total. The summed E-state index contributed by atoms with van der Waals surface area (Å²) in [4.78, 5) is 17.8. The first-order valence-electron chi connectivity index (χ1n) is 11.0. The number of nitrogens with zero attached hydrogens (tertiary/aromatic N) is 2. The lowest BCUT2D eigenvalue weighted by Gasteiger charge is -2.43. The molecule has 1 aliphatic heterocycles. The molecule has 2 aliphatic rings. The van der Waals surface area contributed by atoms with Crippen molar-refractivity contribution < 1.29 is 18.0 Å². The van der Waals surface area contributed by atoms with Crippen LogP contribution in [-0.2, 0) is 13.0 Å². The highest BCUT2D eigenvalue weighted by Gasteiger charge is 2.41. The first-order valence-corrected chi connectivity index (χ1v) is 11.0. The van der Waals surface area contributed by atoms with Crippen LogP contribution in [0.25, 0.3) is 0 Å². The predicted molar refractivity (Wildman–Crippen MR) is 115 cm³/mol. The van der Waals surface area contributed by atoms with Gasteiger partial charge in [-0.05, 0) is 48.4 Å². The minimum atomic E-state index is -4.24. The molecule has 4 rings (SSSR count). The van der Waals surface area contributed by atoms with Crippen LogP contribution in [0.4, 0.5) is 13.2 Å². The molecule has 1 amide bonds. The van der Waals surface area contributed by atoms with E-state index in [1.807, 2.05) is 11.0 Å². The van der Waals surface area contributed by atoms with Gasteiger partial charge in [0.1, 0.15) is 0 Å². The minimum absolute atomic E-state index is 0.0468. The normalized spacial score (nSPS) is 22.3. The number of amides is 1. The van der Waals surface area contributed by atoms with Crippen molar-refractivity contribution in [3.63, 3.8) is 0 Å². The summed E-state index contributed by atoms with van der Waals surface area (Å²) in [6.07, 6.45) is -2.27. The highest BCUT2D eigenvalue weighted by atomic mass is 19.4. The summed E-state index contributed by atoms with van der Waals surface area (Å²) in [5.41, 5.74) is 1.96. The highest BCUT2D eigenvalue weighted by Crippen LogP contribution is 2.35. The summed E-state index contributed by atoms with van der Waals surface area (Å²) in [7, 11) is 0. The number of carbonyl (C=O) groups excluding carboxylic acids is 1. The van der Waals surface area contributed by atoms with E-state index in [0.29, 0.717) is 11.5 Å². The molecule has 0 N–H and O–H groups in total. The first kappa shape index (κ1) is 21.9. The number of hydrogen-bond acceptors (Lipinski definition) is 2. The molecule has 2 aromatic carbocycles. The van der Waals surface area contributed by atoms with Gasteiger partial charge in [-0.25, -0.2) is 0 Å². The summed E-state index contributed by atoms with van der Waals surface area (Å²) < 4.78 is 37.9. The van der Waals surface area contributed by atoms with Gasteiger partial charge in [0.2, 0.25) is 0 Å². The zero-order chi connectivity index (χ0) is 22.0. The fourth-order valence-electron chi connectivity index (χ4n) is 4.70. The molecule has 1 saturated carbocycles. The molecule has 0 spiro atoms. The molecular formula is C25H29F3N2O. The Balaban J connectivity index is 1.42. The third-order valence-electron chi connectivity index (χ3n) is 6.33. The zero-order valence-electron chi connectivity index (χ0n) is 17.8. The van der Waals surface area contributed by atoms with Gasteiger partial charge in [0.15, 0.2) is 0 Å². The van der Waals surface area contributed by atoms with Crippen molar-refractivity contribution >= 4 is 5.91 Å². The van der Waals surface area contributed by atoms with E-state index in [4.69, 9.17) is 0 Å². The fourth-order valence-corrected chi connectivity index (χ4v) is 4.70. The number of piperidine rings is 1. The third-order valence-corrected chi connectivity index (χ3v) is 6.33. The van der Waals surface area contributed by atoms with Crippen LogP contribution in [0.15, 0.2) is 54.6 Å². The SMILES string of the molecule is C[C@@H]1CN(Cc2ccccc2)CC[C@@H]1N(C(=O)c1ccc(CC(F)(F)F)cc1)C1CC1. The second-order valence-electron chi connectivity index (χ2n) is 8.99. The predicted octanol–water partition coefficient (Wildman–Crippen LogP) is 5.31. The molecule has 0 aromatic heterocycles. The van der Waals surface area contributed by atoms with E-state index in [2.05, 4.69) is 36.1 Å². The van der Waals surface area contributed by atoms with Crippen LogP contribution in [0, 0.1) is 5.92 Å². The van der Waals surface area contributed by atoms with Gasteiger partial charge >= 0.3 is 6.18 Å². The van der Waals surface area contributed by atoms with E-state index in [9.17, 15) is 18.0 Å². The van der Waals surface area contributed by atoms with Crippen LogP contribution in [-0.4, -0.2) is 47.1 Å². The monoisotopic (exact) mass is 430 g/mol. The second-order valence-corrected chi connectivity index (χ2v) is 8.99. The molecule has 6 heteroatoms. The van der Waals surface area contributed by atoms with Gasteiger partial charge < -0.3 is 4.90 Å². The number of likely N-dealkylation sites (tertiary alicyclic amines) is 1. The lowest BCUT2D eigenvalue weighted by atomic mass is 9.91. The number of halogens is 3. The summed E-state index contributed by atoms with van der Waals surface area (Å²) in [6, 6.07) is 16.8. The van der Waals surface area contributed by atoms with Crippen LogP contribution in [0.1, 0.15) is 47.7 Å². The van der Waals surface area contributed by atoms with Gasteiger partial charge in [0.05, 0.1) is 6.42 Å². The second kappa shape index (κ2) is 9.03. The molecular weight excluding hydrogens is 401 g/mol. The molecule has 31 heavy (non-hydrogen) atoms. The minimum Gasteiger partial charge on any atom is -0.332 e. The Bertz CT molecular complexity index is 878. The van der Waals surface area contributed by atoms with Gasteiger partial charge in [-0.15, -0.1) is 0 Å². The van der Waals surface area contributed by atoms with E-state index in [1.54, 1.807) is 12.1 Å².